The molecule has 0 heterocycles. The fourth-order valence-corrected chi connectivity index (χ4v) is 1.87. The molecule has 20 heavy (non-hydrogen) atoms. The molecule has 0 atom stereocenters. The highest BCUT2D eigenvalue weighted by Crippen LogP contribution is 2.27. The Balaban J connectivity index is 2.02. The van der Waals surface area contributed by atoms with Gasteiger partial charge in [-0.05, 0) is 42.0 Å². The van der Waals surface area contributed by atoms with E-state index in [0.717, 1.165) is 10.9 Å². The van der Waals surface area contributed by atoms with Crippen molar-refractivity contribution < 1.29 is 22.6 Å². The van der Waals surface area contributed by atoms with Gasteiger partial charge < -0.3 is 9.47 Å². The number of hydrogen-bond acceptors (Lipinski definition) is 2. The highest BCUT2D eigenvalue weighted by Gasteiger charge is 2.30. The maximum Gasteiger partial charge on any atom is 0.573 e. The summed E-state index contributed by atoms with van der Waals surface area (Å²) in [4.78, 5) is 0. The third-order valence-corrected chi connectivity index (χ3v) is 3.02. The maximum atomic E-state index is 12.0. The normalized spacial score (nSPS) is 11.2. The quantitative estimate of drug-likeness (QED) is 0.702. The van der Waals surface area contributed by atoms with Crippen molar-refractivity contribution in [3.05, 3.63) is 54.1 Å². The van der Waals surface area contributed by atoms with E-state index >= 15 is 0 Å². The summed E-state index contributed by atoms with van der Waals surface area (Å²) in [6, 6.07) is 12.6. The lowest BCUT2D eigenvalue weighted by molar-refractivity contribution is -0.274. The standard InChI is InChI=1S/C14H10BrF3O2/c15-9-10-1-3-11(4-2-10)19-12-5-7-13(8-6-12)20-14(16,17)18/h1-8H,9H2. The van der Waals surface area contributed by atoms with Crippen LogP contribution in [0.15, 0.2) is 48.5 Å². The molecule has 0 saturated carbocycles. The molecule has 0 aliphatic rings. The fourth-order valence-electron chi connectivity index (χ4n) is 1.49. The minimum atomic E-state index is -4.69. The van der Waals surface area contributed by atoms with Gasteiger partial charge in [-0.25, -0.2) is 0 Å². The first-order valence-corrected chi connectivity index (χ1v) is 6.77. The molecule has 2 nitrogen and oxygen atoms in total. The molecule has 2 aromatic rings. The lowest BCUT2D eigenvalue weighted by Crippen LogP contribution is -2.16. The van der Waals surface area contributed by atoms with Crippen molar-refractivity contribution in [2.45, 2.75) is 11.7 Å². The van der Waals surface area contributed by atoms with Gasteiger partial charge in [0.15, 0.2) is 0 Å². The monoisotopic (exact) mass is 346 g/mol. The highest BCUT2D eigenvalue weighted by atomic mass is 79.9. The smallest absolute Gasteiger partial charge is 0.457 e. The second-order valence-corrected chi connectivity index (χ2v) is 4.46. The molecular formula is C14H10BrF3O2. The van der Waals surface area contributed by atoms with Crippen LogP contribution in [0.25, 0.3) is 0 Å². The highest BCUT2D eigenvalue weighted by molar-refractivity contribution is 9.08. The van der Waals surface area contributed by atoms with Gasteiger partial charge in [-0.3, -0.25) is 0 Å². The molecule has 0 spiro atoms. The van der Waals surface area contributed by atoms with Crippen LogP contribution < -0.4 is 9.47 Å². The van der Waals surface area contributed by atoms with Gasteiger partial charge in [0.1, 0.15) is 17.2 Å². The average molecular weight is 347 g/mol. The summed E-state index contributed by atoms with van der Waals surface area (Å²) in [5.41, 5.74) is 1.10. The van der Waals surface area contributed by atoms with Crippen LogP contribution in [-0.2, 0) is 5.33 Å². The second-order valence-electron chi connectivity index (χ2n) is 3.90. The molecule has 0 aromatic heterocycles. The minimum Gasteiger partial charge on any atom is -0.457 e. The third-order valence-electron chi connectivity index (χ3n) is 2.37. The number of alkyl halides is 4. The van der Waals surface area contributed by atoms with Crippen LogP contribution in [0.1, 0.15) is 5.56 Å². The van der Waals surface area contributed by atoms with Crippen LogP contribution in [0, 0.1) is 0 Å². The van der Waals surface area contributed by atoms with E-state index < -0.39 is 6.36 Å². The van der Waals surface area contributed by atoms with Crippen LogP contribution in [-0.4, -0.2) is 6.36 Å². The number of hydrogen-bond donors (Lipinski definition) is 0. The molecule has 106 valence electrons. The summed E-state index contributed by atoms with van der Waals surface area (Å²) in [6.45, 7) is 0. The zero-order valence-electron chi connectivity index (χ0n) is 10.2. The largest absolute Gasteiger partial charge is 0.573 e. The molecule has 0 saturated heterocycles. The Kier molecular flexibility index (Phi) is 4.54. The van der Waals surface area contributed by atoms with Crippen molar-refractivity contribution in [2.75, 3.05) is 0 Å². The van der Waals surface area contributed by atoms with Gasteiger partial charge >= 0.3 is 6.36 Å². The lowest BCUT2D eigenvalue weighted by Gasteiger charge is -2.10. The molecule has 0 amide bonds. The van der Waals surface area contributed by atoms with Crippen LogP contribution in [0.3, 0.4) is 0 Å². The van der Waals surface area contributed by atoms with E-state index in [1.54, 1.807) is 12.1 Å². The Morgan fingerprint density at radius 3 is 1.70 bits per heavy atom. The van der Waals surface area contributed by atoms with E-state index in [-0.39, 0.29) is 5.75 Å². The molecule has 0 unspecified atom stereocenters. The molecule has 0 bridgehead atoms. The van der Waals surface area contributed by atoms with Gasteiger partial charge in [0.25, 0.3) is 0 Å². The van der Waals surface area contributed by atoms with Gasteiger partial charge in [-0.1, -0.05) is 28.1 Å². The molecule has 2 rings (SSSR count). The van der Waals surface area contributed by atoms with Gasteiger partial charge in [0.2, 0.25) is 0 Å². The van der Waals surface area contributed by atoms with E-state index in [0.29, 0.717) is 11.5 Å². The predicted octanol–water partition coefficient (Wildman–Crippen LogP) is 5.27. The molecule has 0 N–H and O–H groups in total. The first kappa shape index (κ1) is 14.7. The molecule has 6 heteroatoms. The molecule has 0 aliphatic heterocycles. The van der Waals surface area contributed by atoms with E-state index in [4.69, 9.17) is 4.74 Å². The van der Waals surface area contributed by atoms with Crippen molar-refractivity contribution in [1.29, 1.82) is 0 Å². The third kappa shape index (κ3) is 4.45. The first-order chi connectivity index (χ1) is 9.46. The zero-order chi connectivity index (χ0) is 14.6. The second kappa shape index (κ2) is 6.17. The number of halogens is 4. The Morgan fingerprint density at radius 1 is 0.800 bits per heavy atom. The molecule has 2 aromatic carbocycles. The van der Waals surface area contributed by atoms with Gasteiger partial charge in [-0.15, -0.1) is 13.2 Å². The predicted molar refractivity (Wildman–Crippen MR) is 72.3 cm³/mol. The van der Waals surface area contributed by atoms with Crippen molar-refractivity contribution in [2.24, 2.45) is 0 Å². The average Bonchev–Trinajstić information content (AvgIpc) is 2.40. The Morgan fingerprint density at radius 2 is 1.25 bits per heavy atom. The minimum absolute atomic E-state index is 0.278. The van der Waals surface area contributed by atoms with Gasteiger partial charge in [0, 0.05) is 5.33 Å². The lowest BCUT2D eigenvalue weighted by atomic mass is 10.2. The van der Waals surface area contributed by atoms with Crippen molar-refractivity contribution >= 4 is 15.9 Å². The van der Waals surface area contributed by atoms with E-state index in [1.807, 2.05) is 12.1 Å². The molecule has 0 aliphatic carbocycles. The summed E-state index contributed by atoms with van der Waals surface area (Å²) in [7, 11) is 0. The summed E-state index contributed by atoms with van der Waals surface area (Å²) in [5.74, 6) is 0.768. The van der Waals surface area contributed by atoms with Crippen LogP contribution in [0.4, 0.5) is 13.2 Å². The number of benzene rings is 2. The Bertz CT molecular complexity index is 550. The van der Waals surface area contributed by atoms with Crippen LogP contribution >= 0.6 is 15.9 Å². The van der Waals surface area contributed by atoms with Gasteiger partial charge in [0.05, 0.1) is 0 Å². The van der Waals surface area contributed by atoms with Crippen molar-refractivity contribution in [3.8, 4) is 17.2 Å². The van der Waals surface area contributed by atoms with E-state index in [9.17, 15) is 13.2 Å². The molecule has 0 radical (unpaired) electrons. The van der Waals surface area contributed by atoms with E-state index in [2.05, 4.69) is 20.7 Å². The summed E-state index contributed by atoms with van der Waals surface area (Å²) in [6.07, 6.45) is -4.69. The van der Waals surface area contributed by atoms with Gasteiger partial charge in [-0.2, -0.15) is 0 Å². The summed E-state index contributed by atoms with van der Waals surface area (Å²) in [5, 5.41) is 0.747. The molecular weight excluding hydrogens is 337 g/mol. The first-order valence-electron chi connectivity index (χ1n) is 5.65. The Labute approximate surface area is 122 Å². The van der Waals surface area contributed by atoms with Crippen LogP contribution in [0.2, 0.25) is 0 Å². The Hall–Kier alpha value is -1.69. The number of ether oxygens (including phenoxy) is 2. The van der Waals surface area contributed by atoms with E-state index in [1.165, 1.54) is 24.3 Å². The maximum absolute atomic E-state index is 12.0. The summed E-state index contributed by atoms with van der Waals surface area (Å²) >= 11 is 3.33. The fraction of sp³-hybridized carbons (Fsp3) is 0.143. The van der Waals surface area contributed by atoms with Crippen LogP contribution in [0.5, 0.6) is 17.2 Å². The topological polar surface area (TPSA) is 18.5 Å². The number of rotatable bonds is 4. The zero-order valence-corrected chi connectivity index (χ0v) is 11.7. The van der Waals surface area contributed by atoms with Crippen molar-refractivity contribution in [3.63, 3.8) is 0 Å². The van der Waals surface area contributed by atoms with Crippen molar-refractivity contribution in [1.82, 2.24) is 0 Å². The molecule has 0 fully saturated rings. The summed E-state index contributed by atoms with van der Waals surface area (Å²) < 4.78 is 45.3. The SMILES string of the molecule is FC(F)(F)Oc1ccc(Oc2ccc(CBr)cc2)cc1.